The first-order chi connectivity index (χ1) is 6.66. The van der Waals surface area contributed by atoms with Crippen LogP contribution in [0, 0.1) is 0 Å². The predicted molar refractivity (Wildman–Crippen MR) is 57.6 cm³/mol. The van der Waals surface area contributed by atoms with E-state index in [2.05, 4.69) is 10.2 Å². The first kappa shape index (κ1) is 11.3. The SMILES string of the molecule is CC(C)n1c(SCCCN)n[nH]c1=O. The second kappa shape index (κ2) is 5.21. The number of hydrogen-bond acceptors (Lipinski definition) is 4. The summed E-state index contributed by atoms with van der Waals surface area (Å²) in [6.45, 7) is 4.59. The van der Waals surface area contributed by atoms with Gasteiger partial charge in [0.1, 0.15) is 0 Å². The number of thioether (sulfide) groups is 1. The van der Waals surface area contributed by atoms with Crippen molar-refractivity contribution in [2.75, 3.05) is 12.3 Å². The van der Waals surface area contributed by atoms with Gasteiger partial charge in [0.25, 0.3) is 0 Å². The average molecular weight is 216 g/mol. The van der Waals surface area contributed by atoms with E-state index in [1.54, 1.807) is 16.3 Å². The van der Waals surface area contributed by atoms with Gasteiger partial charge in [-0.15, -0.1) is 5.10 Å². The largest absolute Gasteiger partial charge is 0.344 e. The molecule has 1 rings (SSSR count). The Morgan fingerprint density at radius 2 is 2.36 bits per heavy atom. The molecule has 0 saturated carbocycles. The van der Waals surface area contributed by atoms with E-state index in [-0.39, 0.29) is 11.7 Å². The van der Waals surface area contributed by atoms with Gasteiger partial charge >= 0.3 is 5.69 Å². The molecule has 0 spiro atoms. The average Bonchev–Trinajstić information content (AvgIpc) is 2.47. The van der Waals surface area contributed by atoms with Gasteiger partial charge in [-0.3, -0.25) is 4.57 Å². The Morgan fingerprint density at radius 1 is 1.64 bits per heavy atom. The summed E-state index contributed by atoms with van der Waals surface area (Å²) in [5.41, 5.74) is 5.24. The third-order valence-corrected chi connectivity index (χ3v) is 2.81. The van der Waals surface area contributed by atoms with Crippen LogP contribution in [0.2, 0.25) is 0 Å². The summed E-state index contributed by atoms with van der Waals surface area (Å²) in [7, 11) is 0. The third-order valence-electron chi connectivity index (χ3n) is 1.77. The van der Waals surface area contributed by atoms with Crippen LogP contribution in [0.15, 0.2) is 9.95 Å². The summed E-state index contributed by atoms with van der Waals surface area (Å²) in [4.78, 5) is 11.3. The van der Waals surface area contributed by atoms with E-state index >= 15 is 0 Å². The molecule has 0 radical (unpaired) electrons. The van der Waals surface area contributed by atoms with Crippen LogP contribution in [-0.4, -0.2) is 27.1 Å². The van der Waals surface area contributed by atoms with Crippen molar-refractivity contribution in [1.29, 1.82) is 0 Å². The molecule has 0 amide bonds. The molecule has 0 atom stereocenters. The van der Waals surface area contributed by atoms with E-state index in [1.165, 1.54) is 0 Å². The van der Waals surface area contributed by atoms with Gasteiger partial charge in [-0.05, 0) is 26.8 Å². The minimum absolute atomic E-state index is 0.140. The summed E-state index contributed by atoms with van der Waals surface area (Å²) >= 11 is 1.56. The van der Waals surface area contributed by atoms with Gasteiger partial charge in [-0.1, -0.05) is 11.8 Å². The number of rotatable bonds is 5. The van der Waals surface area contributed by atoms with Crippen LogP contribution in [0.25, 0.3) is 0 Å². The van der Waals surface area contributed by atoms with Crippen LogP contribution >= 0.6 is 11.8 Å². The maximum atomic E-state index is 11.3. The minimum Gasteiger partial charge on any atom is -0.330 e. The highest BCUT2D eigenvalue weighted by Gasteiger charge is 2.10. The second-order valence-electron chi connectivity index (χ2n) is 3.27. The lowest BCUT2D eigenvalue weighted by molar-refractivity contribution is 0.534. The molecule has 0 bridgehead atoms. The zero-order chi connectivity index (χ0) is 10.6. The summed E-state index contributed by atoms with van der Waals surface area (Å²) in [5.74, 6) is 0.896. The molecular formula is C8H16N4OS. The normalized spacial score (nSPS) is 11.1. The summed E-state index contributed by atoms with van der Waals surface area (Å²) < 4.78 is 1.65. The number of H-pyrrole nitrogens is 1. The van der Waals surface area contributed by atoms with Crippen LogP contribution in [0.5, 0.6) is 0 Å². The molecular weight excluding hydrogens is 200 g/mol. The smallest absolute Gasteiger partial charge is 0.330 e. The van der Waals surface area contributed by atoms with Gasteiger partial charge in [0.2, 0.25) is 0 Å². The molecule has 1 heterocycles. The lowest BCUT2D eigenvalue weighted by Crippen LogP contribution is -2.19. The first-order valence-corrected chi connectivity index (χ1v) is 5.65. The van der Waals surface area contributed by atoms with Crippen LogP contribution in [-0.2, 0) is 0 Å². The van der Waals surface area contributed by atoms with Crippen molar-refractivity contribution in [2.45, 2.75) is 31.5 Å². The molecule has 80 valence electrons. The third kappa shape index (κ3) is 2.62. The predicted octanol–water partition coefficient (Wildman–Crippen LogP) is 0.593. The standard InChI is InChI=1S/C8H16N4OS/c1-6(2)12-7(13)10-11-8(12)14-5-3-4-9/h6H,3-5,9H2,1-2H3,(H,10,13). The van der Waals surface area contributed by atoms with Crippen LogP contribution in [0.4, 0.5) is 0 Å². The molecule has 5 nitrogen and oxygen atoms in total. The number of hydrogen-bond donors (Lipinski definition) is 2. The topological polar surface area (TPSA) is 76.7 Å². The van der Waals surface area contributed by atoms with Crippen LogP contribution in [0.1, 0.15) is 26.3 Å². The molecule has 0 saturated heterocycles. The molecule has 14 heavy (non-hydrogen) atoms. The highest BCUT2D eigenvalue weighted by atomic mass is 32.2. The Balaban J connectivity index is 2.71. The van der Waals surface area contributed by atoms with Crippen molar-refractivity contribution in [3.63, 3.8) is 0 Å². The van der Waals surface area contributed by atoms with Crippen LogP contribution in [0.3, 0.4) is 0 Å². The van der Waals surface area contributed by atoms with E-state index in [4.69, 9.17) is 5.73 Å². The van der Waals surface area contributed by atoms with E-state index < -0.39 is 0 Å². The van der Waals surface area contributed by atoms with E-state index in [9.17, 15) is 4.79 Å². The molecule has 1 aromatic heterocycles. The van der Waals surface area contributed by atoms with Crippen molar-refractivity contribution in [2.24, 2.45) is 5.73 Å². The fraction of sp³-hybridized carbons (Fsp3) is 0.750. The van der Waals surface area contributed by atoms with E-state index in [0.29, 0.717) is 6.54 Å². The Bertz CT molecular complexity index is 330. The van der Waals surface area contributed by atoms with Gasteiger partial charge in [-0.2, -0.15) is 0 Å². The summed E-state index contributed by atoms with van der Waals surface area (Å²) in [5, 5.41) is 7.16. The number of nitrogens with zero attached hydrogens (tertiary/aromatic N) is 2. The first-order valence-electron chi connectivity index (χ1n) is 4.66. The van der Waals surface area contributed by atoms with Crippen molar-refractivity contribution >= 4 is 11.8 Å². The zero-order valence-electron chi connectivity index (χ0n) is 8.49. The maximum absolute atomic E-state index is 11.3. The molecule has 0 unspecified atom stereocenters. The fourth-order valence-electron chi connectivity index (χ4n) is 1.09. The monoisotopic (exact) mass is 216 g/mol. The van der Waals surface area contributed by atoms with Crippen LogP contribution < -0.4 is 11.4 Å². The molecule has 6 heteroatoms. The lowest BCUT2D eigenvalue weighted by atomic mass is 10.4. The second-order valence-corrected chi connectivity index (χ2v) is 4.33. The number of aromatic amines is 1. The van der Waals surface area contributed by atoms with Gasteiger partial charge in [0.05, 0.1) is 0 Å². The quantitative estimate of drug-likeness (QED) is 0.558. The fourth-order valence-corrected chi connectivity index (χ4v) is 2.13. The van der Waals surface area contributed by atoms with Crippen molar-refractivity contribution in [3.05, 3.63) is 10.5 Å². The molecule has 0 aromatic carbocycles. The molecule has 1 aromatic rings. The Hall–Kier alpha value is -0.750. The number of aromatic nitrogens is 3. The molecule has 0 aliphatic carbocycles. The zero-order valence-corrected chi connectivity index (χ0v) is 9.30. The van der Waals surface area contributed by atoms with Gasteiger partial charge in [-0.25, -0.2) is 9.89 Å². The van der Waals surface area contributed by atoms with Gasteiger partial charge in [0, 0.05) is 11.8 Å². The van der Waals surface area contributed by atoms with Crippen molar-refractivity contribution < 1.29 is 0 Å². The Morgan fingerprint density at radius 3 is 2.93 bits per heavy atom. The molecule has 3 N–H and O–H groups in total. The van der Waals surface area contributed by atoms with Crippen molar-refractivity contribution in [3.8, 4) is 0 Å². The summed E-state index contributed by atoms with van der Waals surface area (Å²) in [6, 6.07) is 0.140. The maximum Gasteiger partial charge on any atom is 0.344 e. The molecule has 0 aliphatic rings. The van der Waals surface area contributed by atoms with Gasteiger partial charge in [0.15, 0.2) is 5.16 Å². The van der Waals surface area contributed by atoms with E-state index in [0.717, 1.165) is 17.3 Å². The Labute approximate surface area is 87.1 Å². The summed E-state index contributed by atoms with van der Waals surface area (Å²) in [6.07, 6.45) is 0.934. The van der Waals surface area contributed by atoms with E-state index in [1.807, 2.05) is 13.8 Å². The number of nitrogens with one attached hydrogen (secondary N) is 1. The Kier molecular flexibility index (Phi) is 4.21. The number of nitrogens with two attached hydrogens (primary N) is 1. The highest BCUT2D eigenvalue weighted by Crippen LogP contribution is 2.16. The highest BCUT2D eigenvalue weighted by molar-refractivity contribution is 7.99. The van der Waals surface area contributed by atoms with Gasteiger partial charge < -0.3 is 5.73 Å². The molecule has 0 fully saturated rings. The van der Waals surface area contributed by atoms with Crippen molar-refractivity contribution in [1.82, 2.24) is 14.8 Å². The molecule has 0 aliphatic heterocycles. The lowest BCUT2D eigenvalue weighted by Gasteiger charge is -2.07. The minimum atomic E-state index is -0.143.